The van der Waals surface area contributed by atoms with Gasteiger partial charge in [-0.3, -0.25) is 10.1 Å². The Kier molecular flexibility index (Phi) is 4.36. The van der Waals surface area contributed by atoms with E-state index >= 15 is 0 Å². The molecule has 20 heavy (non-hydrogen) atoms. The number of sulfonamides is 1. The lowest BCUT2D eigenvalue weighted by Gasteiger charge is -2.12. The zero-order chi connectivity index (χ0) is 14.8. The zero-order valence-electron chi connectivity index (χ0n) is 11.0. The lowest BCUT2D eigenvalue weighted by atomic mass is 10.2. The summed E-state index contributed by atoms with van der Waals surface area (Å²) >= 11 is 0. The molecule has 1 atom stereocenters. The molecule has 0 saturated carbocycles. The molecule has 1 N–H and O–H groups in total. The van der Waals surface area contributed by atoms with Crippen molar-refractivity contribution in [3.05, 3.63) is 33.9 Å². The van der Waals surface area contributed by atoms with Gasteiger partial charge in [0.05, 0.1) is 15.9 Å². The minimum absolute atomic E-state index is 0.0651. The van der Waals surface area contributed by atoms with E-state index in [1.807, 2.05) is 0 Å². The number of hydrogen-bond acceptors (Lipinski definition) is 5. The van der Waals surface area contributed by atoms with Crippen LogP contribution in [0.25, 0.3) is 0 Å². The Morgan fingerprint density at radius 3 is 2.85 bits per heavy atom. The number of rotatable bonds is 5. The van der Waals surface area contributed by atoms with Gasteiger partial charge in [0.2, 0.25) is 10.0 Å². The van der Waals surface area contributed by atoms with E-state index in [4.69, 9.17) is 4.74 Å². The third kappa shape index (κ3) is 3.14. The van der Waals surface area contributed by atoms with E-state index in [1.54, 1.807) is 0 Å². The highest BCUT2D eigenvalue weighted by molar-refractivity contribution is 7.89. The van der Waals surface area contributed by atoms with E-state index in [2.05, 4.69) is 4.72 Å². The molecule has 1 aliphatic heterocycles. The lowest BCUT2D eigenvalue weighted by molar-refractivity contribution is -0.385. The van der Waals surface area contributed by atoms with Crippen LogP contribution in [0.5, 0.6) is 0 Å². The predicted octanol–water partition coefficient (Wildman–Crippen LogP) is 1.36. The van der Waals surface area contributed by atoms with Crippen molar-refractivity contribution in [1.29, 1.82) is 0 Å². The van der Waals surface area contributed by atoms with E-state index in [0.717, 1.165) is 12.8 Å². The summed E-state index contributed by atoms with van der Waals surface area (Å²) in [4.78, 5) is 10.2. The first kappa shape index (κ1) is 14.9. The molecule has 0 aromatic heterocycles. The number of benzene rings is 1. The van der Waals surface area contributed by atoms with E-state index < -0.39 is 14.9 Å². The molecule has 1 saturated heterocycles. The van der Waals surface area contributed by atoms with Crippen molar-refractivity contribution >= 4 is 15.7 Å². The first-order valence-electron chi connectivity index (χ1n) is 6.27. The van der Waals surface area contributed by atoms with Gasteiger partial charge in [-0.15, -0.1) is 0 Å². The van der Waals surface area contributed by atoms with Gasteiger partial charge in [0.1, 0.15) is 0 Å². The van der Waals surface area contributed by atoms with E-state index in [9.17, 15) is 18.5 Å². The monoisotopic (exact) mass is 300 g/mol. The van der Waals surface area contributed by atoms with Crippen LogP contribution in [-0.2, 0) is 14.8 Å². The number of hydrogen-bond donors (Lipinski definition) is 1. The van der Waals surface area contributed by atoms with Crippen LogP contribution in [0.4, 0.5) is 5.69 Å². The molecule has 7 nitrogen and oxygen atoms in total. The summed E-state index contributed by atoms with van der Waals surface area (Å²) in [7, 11) is -3.77. The third-order valence-electron chi connectivity index (χ3n) is 3.27. The molecule has 1 fully saturated rings. The number of nitrogens with zero attached hydrogens (tertiary/aromatic N) is 1. The molecule has 110 valence electrons. The Labute approximate surface area is 117 Å². The summed E-state index contributed by atoms with van der Waals surface area (Å²) in [6.45, 7) is 2.26. The van der Waals surface area contributed by atoms with Crippen molar-refractivity contribution in [2.75, 3.05) is 13.2 Å². The second kappa shape index (κ2) is 5.86. The van der Waals surface area contributed by atoms with E-state index in [1.165, 1.54) is 25.1 Å². The molecule has 0 spiro atoms. The molecule has 0 radical (unpaired) electrons. The molecule has 1 aromatic carbocycles. The van der Waals surface area contributed by atoms with Crippen LogP contribution in [0.3, 0.4) is 0 Å². The molecule has 1 aliphatic rings. The summed E-state index contributed by atoms with van der Waals surface area (Å²) in [6, 6.07) is 4.01. The first-order valence-corrected chi connectivity index (χ1v) is 7.75. The minimum Gasteiger partial charge on any atom is -0.377 e. The Morgan fingerprint density at radius 2 is 2.25 bits per heavy atom. The average Bonchev–Trinajstić information content (AvgIpc) is 2.89. The van der Waals surface area contributed by atoms with Crippen molar-refractivity contribution in [2.45, 2.75) is 30.8 Å². The zero-order valence-corrected chi connectivity index (χ0v) is 11.9. The van der Waals surface area contributed by atoms with Gasteiger partial charge in [0.15, 0.2) is 0 Å². The highest BCUT2D eigenvalue weighted by atomic mass is 32.2. The van der Waals surface area contributed by atoms with E-state index in [0.29, 0.717) is 6.61 Å². The number of nitro groups is 1. The Hall–Kier alpha value is -1.51. The van der Waals surface area contributed by atoms with Crippen LogP contribution in [0.15, 0.2) is 23.1 Å². The van der Waals surface area contributed by atoms with Crippen LogP contribution in [0.1, 0.15) is 18.4 Å². The summed E-state index contributed by atoms with van der Waals surface area (Å²) in [6.07, 6.45) is 1.61. The van der Waals surface area contributed by atoms with Gasteiger partial charge < -0.3 is 4.74 Å². The van der Waals surface area contributed by atoms with E-state index in [-0.39, 0.29) is 28.8 Å². The fourth-order valence-electron chi connectivity index (χ4n) is 2.18. The molecule has 1 heterocycles. The maximum Gasteiger partial charge on any atom is 0.273 e. The van der Waals surface area contributed by atoms with Crippen molar-refractivity contribution in [1.82, 2.24) is 4.72 Å². The third-order valence-corrected chi connectivity index (χ3v) is 4.83. The van der Waals surface area contributed by atoms with Gasteiger partial charge in [0.25, 0.3) is 5.69 Å². The summed E-state index contributed by atoms with van der Waals surface area (Å²) in [5.74, 6) is 0. The fourth-order valence-corrected chi connectivity index (χ4v) is 3.50. The summed E-state index contributed by atoms with van der Waals surface area (Å²) < 4.78 is 32.2. The Balaban J connectivity index is 2.20. The standard InChI is InChI=1S/C12H16N2O5S/c1-9-11(14(15)16)5-2-6-12(9)20(17,18)13-8-10-4-3-7-19-10/h2,5-6,10,13H,3-4,7-8H2,1H3. The van der Waals surface area contributed by atoms with Crippen LogP contribution in [0, 0.1) is 17.0 Å². The highest BCUT2D eigenvalue weighted by Gasteiger charge is 2.24. The van der Waals surface area contributed by atoms with Crippen LogP contribution in [-0.4, -0.2) is 32.6 Å². The van der Waals surface area contributed by atoms with Gasteiger partial charge in [0, 0.05) is 24.8 Å². The smallest absolute Gasteiger partial charge is 0.273 e. The fraction of sp³-hybridized carbons (Fsp3) is 0.500. The normalized spacial score (nSPS) is 19.1. The largest absolute Gasteiger partial charge is 0.377 e. The molecule has 0 aliphatic carbocycles. The molecule has 8 heteroatoms. The van der Waals surface area contributed by atoms with Gasteiger partial charge >= 0.3 is 0 Å². The average molecular weight is 300 g/mol. The van der Waals surface area contributed by atoms with Gasteiger partial charge in [-0.25, -0.2) is 13.1 Å². The minimum atomic E-state index is -3.77. The molecule has 2 rings (SSSR count). The second-order valence-electron chi connectivity index (χ2n) is 4.64. The van der Waals surface area contributed by atoms with Crippen LogP contribution < -0.4 is 4.72 Å². The Bertz CT molecular complexity index is 608. The van der Waals surface area contributed by atoms with Gasteiger partial charge in [-0.1, -0.05) is 6.07 Å². The Morgan fingerprint density at radius 1 is 1.50 bits per heavy atom. The molecule has 0 amide bonds. The number of ether oxygens (including phenoxy) is 1. The highest BCUT2D eigenvalue weighted by Crippen LogP contribution is 2.24. The topological polar surface area (TPSA) is 98.5 Å². The van der Waals surface area contributed by atoms with Gasteiger partial charge in [-0.2, -0.15) is 0 Å². The quantitative estimate of drug-likeness (QED) is 0.654. The maximum atomic E-state index is 12.2. The number of nitro benzene ring substituents is 1. The maximum absolute atomic E-state index is 12.2. The molecule has 1 unspecified atom stereocenters. The molecule has 1 aromatic rings. The van der Waals surface area contributed by atoms with Crippen molar-refractivity contribution in [3.63, 3.8) is 0 Å². The molecule has 0 bridgehead atoms. The van der Waals surface area contributed by atoms with Crippen molar-refractivity contribution in [3.8, 4) is 0 Å². The number of nitrogens with one attached hydrogen (secondary N) is 1. The summed E-state index contributed by atoms with van der Waals surface area (Å²) in [5, 5.41) is 10.8. The second-order valence-corrected chi connectivity index (χ2v) is 6.38. The van der Waals surface area contributed by atoms with Crippen LogP contribution >= 0.6 is 0 Å². The SMILES string of the molecule is Cc1c([N+](=O)[O-])cccc1S(=O)(=O)NCC1CCCO1. The first-order chi connectivity index (χ1) is 9.42. The molecular weight excluding hydrogens is 284 g/mol. The van der Waals surface area contributed by atoms with Gasteiger partial charge in [-0.05, 0) is 25.8 Å². The lowest BCUT2D eigenvalue weighted by Crippen LogP contribution is -2.32. The van der Waals surface area contributed by atoms with Crippen molar-refractivity contribution < 1.29 is 18.1 Å². The van der Waals surface area contributed by atoms with Crippen LogP contribution in [0.2, 0.25) is 0 Å². The van der Waals surface area contributed by atoms with Crippen molar-refractivity contribution in [2.24, 2.45) is 0 Å². The summed E-state index contributed by atoms with van der Waals surface area (Å²) in [5.41, 5.74) is -0.0673. The molecular formula is C12H16N2O5S. The predicted molar refractivity (Wildman–Crippen MR) is 72.0 cm³/mol.